The monoisotopic (exact) mass is 461 g/mol. The number of carbonyl (C=O) groups excluding carboxylic acids is 2. The molecule has 4 rings (SSSR count). The minimum absolute atomic E-state index is 0.219. The summed E-state index contributed by atoms with van der Waals surface area (Å²) in [6.45, 7) is 5.61. The Hall–Kier alpha value is -3.98. The zero-order valence-electron chi connectivity index (χ0n) is 19.2. The van der Waals surface area contributed by atoms with Gasteiger partial charge < -0.3 is 20.5 Å². The number of rotatable bonds is 9. The molecule has 0 aliphatic heterocycles. The van der Waals surface area contributed by atoms with Crippen LogP contribution in [0.4, 0.5) is 5.82 Å². The van der Waals surface area contributed by atoms with Gasteiger partial charge in [-0.05, 0) is 56.7 Å². The minimum atomic E-state index is -0.405. The Morgan fingerprint density at radius 2 is 1.71 bits per heavy atom. The topological polar surface area (TPSA) is 121 Å². The lowest BCUT2D eigenvalue weighted by atomic mass is 10.2. The summed E-state index contributed by atoms with van der Waals surface area (Å²) in [6.07, 6.45) is 0.683. The van der Waals surface area contributed by atoms with Crippen LogP contribution in [0.5, 0.6) is 0 Å². The fourth-order valence-electron chi connectivity index (χ4n) is 3.72. The van der Waals surface area contributed by atoms with Gasteiger partial charge in [0.2, 0.25) is 0 Å². The van der Waals surface area contributed by atoms with E-state index in [0.29, 0.717) is 66.2 Å². The average Bonchev–Trinajstić information content (AvgIpc) is 3.13. The number of nitrogen functional groups attached to an aromatic ring is 1. The first-order chi connectivity index (χ1) is 16.5. The Bertz CT molecular complexity index is 1330. The number of nitrogens with two attached hydrogens (primary N) is 1. The third-order valence-electron chi connectivity index (χ3n) is 5.32. The van der Waals surface area contributed by atoms with E-state index in [1.807, 2.05) is 31.2 Å². The molecule has 2 aromatic heterocycles. The second kappa shape index (κ2) is 10.3. The number of esters is 1. The molecular formula is C25H27N5O4. The summed E-state index contributed by atoms with van der Waals surface area (Å²) in [6, 6.07) is 14.2. The molecule has 0 aliphatic rings. The van der Waals surface area contributed by atoms with Crippen LogP contribution >= 0.6 is 0 Å². The molecule has 0 aliphatic carbocycles. The Labute approximate surface area is 196 Å². The van der Waals surface area contributed by atoms with Crippen LogP contribution < -0.4 is 11.1 Å². The SMILES string of the molecule is CCOCCCNC(=O)c1c(N)n(-c2ccc(C(=O)OCC)cc2)c2nc3ccccc3nc12. The predicted molar refractivity (Wildman–Crippen MR) is 130 cm³/mol. The zero-order chi connectivity index (χ0) is 24.1. The van der Waals surface area contributed by atoms with Crippen molar-refractivity contribution in [1.82, 2.24) is 19.9 Å². The van der Waals surface area contributed by atoms with Gasteiger partial charge >= 0.3 is 5.97 Å². The maximum absolute atomic E-state index is 13.1. The number of nitrogens with one attached hydrogen (secondary N) is 1. The van der Waals surface area contributed by atoms with Crippen molar-refractivity contribution in [1.29, 1.82) is 0 Å². The summed E-state index contributed by atoms with van der Waals surface area (Å²) in [5.74, 6) is -0.515. The second-order valence-electron chi connectivity index (χ2n) is 7.55. The van der Waals surface area contributed by atoms with E-state index in [2.05, 4.69) is 5.32 Å². The number of fused-ring (bicyclic) bond motifs is 2. The van der Waals surface area contributed by atoms with Gasteiger partial charge in [-0.2, -0.15) is 0 Å². The molecule has 0 radical (unpaired) electrons. The predicted octanol–water partition coefficient (Wildman–Crippen LogP) is 3.49. The largest absolute Gasteiger partial charge is 0.462 e. The van der Waals surface area contributed by atoms with Gasteiger partial charge in [0.1, 0.15) is 16.9 Å². The highest BCUT2D eigenvalue weighted by molar-refractivity contribution is 6.11. The quantitative estimate of drug-likeness (QED) is 0.289. The van der Waals surface area contributed by atoms with Crippen molar-refractivity contribution in [3.63, 3.8) is 0 Å². The van der Waals surface area contributed by atoms with Crippen LogP contribution in [0.1, 0.15) is 41.0 Å². The normalized spacial score (nSPS) is 11.1. The number of aromatic nitrogens is 3. The number of hydrogen-bond donors (Lipinski definition) is 2. The molecule has 176 valence electrons. The van der Waals surface area contributed by atoms with Crippen molar-refractivity contribution >= 4 is 39.9 Å². The Kier molecular flexibility index (Phi) is 7.03. The van der Waals surface area contributed by atoms with E-state index < -0.39 is 5.97 Å². The van der Waals surface area contributed by atoms with Crippen LogP contribution in [0.15, 0.2) is 48.5 Å². The van der Waals surface area contributed by atoms with Crippen LogP contribution in [-0.4, -0.2) is 52.8 Å². The van der Waals surface area contributed by atoms with Crippen LogP contribution in [0.2, 0.25) is 0 Å². The van der Waals surface area contributed by atoms with Crippen molar-refractivity contribution < 1.29 is 19.1 Å². The van der Waals surface area contributed by atoms with Crippen LogP contribution in [0, 0.1) is 0 Å². The standard InChI is InChI=1S/C25H27N5O4/c1-3-33-15-7-14-27-24(31)20-21-23(29-19-9-6-5-8-18(19)28-21)30(22(20)26)17-12-10-16(11-13-17)25(32)34-4-2/h5-6,8-13H,3-4,7,14-15,26H2,1-2H3,(H,27,31). The number of amides is 1. The lowest BCUT2D eigenvalue weighted by Crippen LogP contribution is -2.26. The fraction of sp³-hybridized carbons (Fsp3) is 0.280. The molecule has 34 heavy (non-hydrogen) atoms. The molecule has 2 heterocycles. The van der Waals surface area contributed by atoms with Crippen LogP contribution in [0.3, 0.4) is 0 Å². The molecule has 0 spiro atoms. The molecule has 0 bridgehead atoms. The molecule has 3 N–H and O–H groups in total. The number of para-hydroxylation sites is 2. The van der Waals surface area contributed by atoms with Crippen molar-refractivity contribution in [2.24, 2.45) is 0 Å². The molecule has 4 aromatic rings. The molecule has 0 saturated heterocycles. The number of ether oxygens (including phenoxy) is 2. The fourth-order valence-corrected chi connectivity index (χ4v) is 3.72. The highest BCUT2D eigenvalue weighted by Gasteiger charge is 2.24. The average molecular weight is 462 g/mol. The molecule has 9 nitrogen and oxygen atoms in total. The minimum Gasteiger partial charge on any atom is -0.462 e. The summed E-state index contributed by atoms with van der Waals surface area (Å²) in [5.41, 5.74) is 10.1. The first-order valence-electron chi connectivity index (χ1n) is 11.2. The van der Waals surface area contributed by atoms with E-state index in [-0.39, 0.29) is 17.3 Å². The maximum atomic E-state index is 13.1. The van der Waals surface area contributed by atoms with Gasteiger partial charge in [0.15, 0.2) is 5.65 Å². The zero-order valence-corrected chi connectivity index (χ0v) is 19.2. The highest BCUT2D eigenvalue weighted by atomic mass is 16.5. The Morgan fingerprint density at radius 3 is 2.38 bits per heavy atom. The summed E-state index contributed by atoms with van der Waals surface area (Å²) < 4.78 is 12.1. The van der Waals surface area contributed by atoms with Gasteiger partial charge in [-0.3, -0.25) is 9.36 Å². The molecule has 0 atom stereocenters. The number of carbonyl (C=O) groups is 2. The van der Waals surface area contributed by atoms with Gasteiger partial charge in [0, 0.05) is 25.4 Å². The third kappa shape index (κ3) is 4.55. The van der Waals surface area contributed by atoms with Crippen LogP contribution in [0.25, 0.3) is 27.9 Å². The molecule has 9 heteroatoms. The molecule has 1 amide bonds. The lowest BCUT2D eigenvalue weighted by Gasteiger charge is -2.09. The van der Waals surface area contributed by atoms with E-state index in [4.69, 9.17) is 25.2 Å². The van der Waals surface area contributed by atoms with Crippen molar-refractivity contribution in [3.05, 3.63) is 59.7 Å². The summed E-state index contributed by atoms with van der Waals surface area (Å²) in [7, 11) is 0. The second-order valence-corrected chi connectivity index (χ2v) is 7.55. The van der Waals surface area contributed by atoms with E-state index in [1.165, 1.54) is 0 Å². The van der Waals surface area contributed by atoms with Gasteiger partial charge in [0.25, 0.3) is 5.91 Å². The van der Waals surface area contributed by atoms with Gasteiger partial charge in [-0.1, -0.05) is 12.1 Å². The first-order valence-corrected chi connectivity index (χ1v) is 11.2. The van der Waals surface area contributed by atoms with Gasteiger partial charge in [-0.25, -0.2) is 14.8 Å². The molecule has 0 unspecified atom stereocenters. The summed E-state index contributed by atoms with van der Waals surface area (Å²) in [4.78, 5) is 34.6. The van der Waals surface area contributed by atoms with E-state index in [1.54, 1.807) is 35.8 Å². The lowest BCUT2D eigenvalue weighted by molar-refractivity contribution is 0.0526. The summed E-state index contributed by atoms with van der Waals surface area (Å²) in [5, 5.41) is 2.90. The number of anilines is 1. The van der Waals surface area contributed by atoms with E-state index in [9.17, 15) is 9.59 Å². The number of benzene rings is 2. The molecule has 0 fully saturated rings. The maximum Gasteiger partial charge on any atom is 0.338 e. The Morgan fingerprint density at radius 1 is 1.00 bits per heavy atom. The number of nitrogens with zero attached hydrogens (tertiary/aromatic N) is 3. The van der Waals surface area contributed by atoms with Crippen molar-refractivity contribution in [2.75, 3.05) is 32.1 Å². The van der Waals surface area contributed by atoms with Crippen LogP contribution in [-0.2, 0) is 9.47 Å². The summed E-state index contributed by atoms with van der Waals surface area (Å²) >= 11 is 0. The van der Waals surface area contributed by atoms with E-state index in [0.717, 1.165) is 0 Å². The van der Waals surface area contributed by atoms with Gasteiger partial charge in [-0.15, -0.1) is 0 Å². The van der Waals surface area contributed by atoms with E-state index >= 15 is 0 Å². The third-order valence-corrected chi connectivity index (χ3v) is 5.32. The van der Waals surface area contributed by atoms with Crippen molar-refractivity contribution in [3.8, 4) is 5.69 Å². The first kappa shape index (κ1) is 23.2. The van der Waals surface area contributed by atoms with Gasteiger partial charge in [0.05, 0.1) is 23.2 Å². The number of hydrogen-bond acceptors (Lipinski definition) is 7. The molecular weight excluding hydrogens is 434 g/mol. The highest BCUT2D eigenvalue weighted by Crippen LogP contribution is 2.31. The molecule has 2 aromatic carbocycles. The smallest absolute Gasteiger partial charge is 0.338 e. The Balaban J connectivity index is 1.78. The molecule has 0 saturated carbocycles. The van der Waals surface area contributed by atoms with Crippen molar-refractivity contribution in [2.45, 2.75) is 20.3 Å².